The van der Waals surface area contributed by atoms with Gasteiger partial charge in [-0.05, 0) is 24.3 Å². The van der Waals surface area contributed by atoms with Gasteiger partial charge < -0.3 is 15.0 Å². The van der Waals surface area contributed by atoms with E-state index in [1.165, 1.54) is 6.07 Å². The molecule has 0 radical (unpaired) electrons. The molecular weight excluding hydrogens is 357 g/mol. The molecule has 28 heavy (non-hydrogen) atoms. The normalized spacial score (nSPS) is 16.8. The number of amides is 1. The molecule has 5 nitrogen and oxygen atoms in total. The Balaban J connectivity index is 1.66. The number of anilines is 2. The number of carbonyl (C=O) groups is 1. The lowest BCUT2D eigenvalue weighted by molar-refractivity contribution is -0.149. The molecule has 1 saturated heterocycles. The van der Waals surface area contributed by atoms with E-state index in [1.807, 2.05) is 36.4 Å². The van der Waals surface area contributed by atoms with Crippen molar-refractivity contribution < 1.29 is 13.9 Å². The minimum absolute atomic E-state index is 0.00728. The van der Waals surface area contributed by atoms with Gasteiger partial charge in [-0.2, -0.15) is 0 Å². The minimum atomic E-state index is -0.360. The number of para-hydroxylation sites is 1. The van der Waals surface area contributed by atoms with Crippen LogP contribution in [0, 0.1) is 5.82 Å². The van der Waals surface area contributed by atoms with Crippen molar-refractivity contribution in [2.45, 2.75) is 12.6 Å². The van der Waals surface area contributed by atoms with Gasteiger partial charge in [0.05, 0.1) is 12.6 Å². The van der Waals surface area contributed by atoms with E-state index in [4.69, 9.17) is 4.74 Å². The fourth-order valence-electron chi connectivity index (χ4n) is 3.33. The van der Waals surface area contributed by atoms with Gasteiger partial charge >= 0.3 is 0 Å². The van der Waals surface area contributed by atoms with Gasteiger partial charge in [-0.15, -0.1) is 0 Å². The highest BCUT2D eigenvalue weighted by Gasteiger charge is 2.32. The molecule has 0 bridgehead atoms. The maximum absolute atomic E-state index is 14.2. The Bertz CT molecular complexity index is 965. The van der Waals surface area contributed by atoms with Gasteiger partial charge in [-0.3, -0.25) is 9.78 Å². The number of ether oxygens (including phenoxy) is 1. The lowest BCUT2D eigenvalue weighted by Gasteiger charge is -2.36. The first-order valence-corrected chi connectivity index (χ1v) is 9.09. The molecule has 1 aliphatic heterocycles. The summed E-state index contributed by atoms with van der Waals surface area (Å²) in [5.41, 5.74) is 3.07. The summed E-state index contributed by atoms with van der Waals surface area (Å²) in [4.78, 5) is 18.5. The van der Waals surface area contributed by atoms with E-state index in [2.05, 4.69) is 10.3 Å². The number of carbonyl (C=O) groups excluding carboxylic acids is 1. The Morgan fingerprint density at radius 2 is 1.89 bits per heavy atom. The molecule has 0 saturated carbocycles. The molecule has 1 atom stereocenters. The van der Waals surface area contributed by atoms with E-state index < -0.39 is 0 Å². The number of morpholine rings is 1. The highest BCUT2D eigenvalue weighted by molar-refractivity contribution is 5.79. The zero-order valence-corrected chi connectivity index (χ0v) is 15.2. The fraction of sp³-hybridized carbons (Fsp3) is 0.182. The number of hydrogen-bond donors (Lipinski definition) is 1. The first-order valence-electron chi connectivity index (χ1n) is 9.09. The average Bonchev–Trinajstić information content (AvgIpc) is 2.72. The van der Waals surface area contributed by atoms with Crippen LogP contribution < -0.4 is 5.32 Å². The second-order valence-corrected chi connectivity index (χ2v) is 6.60. The van der Waals surface area contributed by atoms with E-state index in [0.29, 0.717) is 12.2 Å². The summed E-state index contributed by atoms with van der Waals surface area (Å²) in [5, 5.41) is 3.37. The van der Waals surface area contributed by atoms with Crippen LogP contribution in [-0.2, 0) is 16.1 Å². The molecular formula is C22H20FN3O2. The summed E-state index contributed by atoms with van der Waals surface area (Å²) >= 11 is 0. The number of aromatic nitrogens is 1. The maximum atomic E-state index is 14.2. The standard InChI is InChI=1S/C22H20FN3O2/c23-19-9-5-4-6-16(19)13-26-21(14-28-15-22(26)27)18-12-24-11-10-20(18)25-17-7-2-1-3-8-17/h1-12,21H,13-15H2,(H,24,25). The van der Waals surface area contributed by atoms with Crippen molar-refractivity contribution in [3.63, 3.8) is 0 Å². The number of halogens is 1. The zero-order valence-electron chi connectivity index (χ0n) is 15.2. The summed E-state index contributed by atoms with van der Waals surface area (Å²) in [6.07, 6.45) is 3.42. The van der Waals surface area contributed by atoms with Crippen LogP contribution in [0.3, 0.4) is 0 Å². The molecule has 3 aromatic rings. The molecule has 2 heterocycles. The van der Waals surface area contributed by atoms with Crippen LogP contribution in [0.2, 0.25) is 0 Å². The summed E-state index contributed by atoms with van der Waals surface area (Å²) in [6.45, 7) is 0.501. The molecule has 1 N–H and O–H groups in total. The second-order valence-electron chi connectivity index (χ2n) is 6.60. The van der Waals surface area contributed by atoms with Gasteiger partial charge in [-0.1, -0.05) is 36.4 Å². The van der Waals surface area contributed by atoms with Crippen LogP contribution in [0.15, 0.2) is 73.1 Å². The third-order valence-electron chi connectivity index (χ3n) is 4.76. The van der Waals surface area contributed by atoms with Crippen LogP contribution in [-0.4, -0.2) is 29.0 Å². The third kappa shape index (κ3) is 3.87. The van der Waals surface area contributed by atoms with Gasteiger partial charge in [-0.25, -0.2) is 4.39 Å². The van der Waals surface area contributed by atoms with E-state index in [-0.39, 0.29) is 30.9 Å². The Hall–Kier alpha value is -3.25. The van der Waals surface area contributed by atoms with Crippen molar-refractivity contribution in [3.05, 3.63) is 90.0 Å². The second kappa shape index (κ2) is 8.19. The lowest BCUT2D eigenvalue weighted by atomic mass is 10.0. The zero-order chi connectivity index (χ0) is 19.3. The van der Waals surface area contributed by atoms with Gasteiger partial charge in [0, 0.05) is 41.4 Å². The van der Waals surface area contributed by atoms with Crippen molar-refractivity contribution in [1.29, 1.82) is 0 Å². The molecule has 1 aliphatic rings. The highest BCUT2D eigenvalue weighted by Crippen LogP contribution is 2.32. The molecule has 0 spiro atoms. The molecule has 1 amide bonds. The van der Waals surface area contributed by atoms with Crippen LogP contribution in [0.4, 0.5) is 15.8 Å². The smallest absolute Gasteiger partial charge is 0.249 e. The van der Waals surface area contributed by atoms with Crippen molar-refractivity contribution in [2.75, 3.05) is 18.5 Å². The molecule has 6 heteroatoms. The van der Waals surface area contributed by atoms with Crippen LogP contribution in [0.1, 0.15) is 17.2 Å². The van der Waals surface area contributed by atoms with Gasteiger partial charge in [0.25, 0.3) is 0 Å². The predicted octanol–water partition coefficient (Wildman–Crippen LogP) is 4.06. The Morgan fingerprint density at radius 1 is 1.11 bits per heavy atom. The average molecular weight is 377 g/mol. The number of benzene rings is 2. The summed E-state index contributed by atoms with van der Waals surface area (Å²) in [7, 11) is 0. The van der Waals surface area contributed by atoms with Gasteiger partial charge in [0.1, 0.15) is 12.4 Å². The number of pyridine rings is 1. The summed E-state index contributed by atoms with van der Waals surface area (Å²) < 4.78 is 19.7. The van der Waals surface area contributed by atoms with E-state index >= 15 is 0 Å². The van der Waals surface area contributed by atoms with Gasteiger partial charge in [0.15, 0.2) is 0 Å². The number of nitrogens with zero attached hydrogens (tertiary/aromatic N) is 2. The topological polar surface area (TPSA) is 54.5 Å². The largest absolute Gasteiger partial charge is 0.369 e. The minimum Gasteiger partial charge on any atom is -0.369 e. The molecule has 4 rings (SSSR count). The molecule has 0 aliphatic carbocycles. The number of hydrogen-bond acceptors (Lipinski definition) is 4. The van der Waals surface area contributed by atoms with E-state index in [0.717, 1.165) is 16.9 Å². The van der Waals surface area contributed by atoms with E-state index in [1.54, 1.807) is 35.5 Å². The Labute approximate surface area is 162 Å². The van der Waals surface area contributed by atoms with E-state index in [9.17, 15) is 9.18 Å². The number of nitrogens with one attached hydrogen (secondary N) is 1. The van der Waals surface area contributed by atoms with Crippen molar-refractivity contribution >= 4 is 17.3 Å². The van der Waals surface area contributed by atoms with Crippen LogP contribution >= 0.6 is 0 Å². The summed E-state index contributed by atoms with van der Waals surface area (Å²) in [6, 6.07) is 17.8. The van der Waals surface area contributed by atoms with Crippen molar-refractivity contribution in [1.82, 2.24) is 9.88 Å². The monoisotopic (exact) mass is 377 g/mol. The SMILES string of the molecule is O=C1COCC(c2cnccc2Nc2ccccc2)N1Cc1ccccc1F. The quantitative estimate of drug-likeness (QED) is 0.728. The fourth-order valence-corrected chi connectivity index (χ4v) is 3.33. The van der Waals surface area contributed by atoms with Crippen LogP contribution in [0.25, 0.3) is 0 Å². The lowest BCUT2D eigenvalue weighted by Crippen LogP contribution is -2.44. The maximum Gasteiger partial charge on any atom is 0.249 e. The number of rotatable bonds is 5. The first-order chi connectivity index (χ1) is 13.7. The van der Waals surface area contributed by atoms with Gasteiger partial charge in [0.2, 0.25) is 5.91 Å². The molecule has 1 unspecified atom stereocenters. The first kappa shape index (κ1) is 18.1. The Kier molecular flexibility index (Phi) is 5.30. The van der Waals surface area contributed by atoms with Crippen molar-refractivity contribution in [3.8, 4) is 0 Å². The molecule has 142 valence electrons. The van der Waals surface area contributed by atoms with Crippen LogP contribution in [0.5, 0.6) is 0 Å². The molecule has 1 fully saturated rings. The molecule has 1 aromatic heterocycles. The summed E-state index contributed by atoms with van der Waals surface area (Å²) in [5.74, 6) is -0.497. The van der Waals surface area contributed by atoms with Crippen molar-refractivity contribution in [2.24, 2.45) is 0 Å². The predicted molar refractivity (Wildman–Crippen MR) is 104 cm³/mol. The molecule has 2 aromatic carbocycles. The Morgan fingerprint density at radius 3 is 2.71 bits per heavy atom. The third-order valence-corrected chi connectivity index (χ3v) is 4.76. The highest BCUT2D eigenvalue weighted by atomic mass is 19.1.